The molecule has 0 bridgehead atoms. The summed E-state index contributed by atoms with van der Waals surface area (Å²) in [5.41, 5.74) is 2.56. The zero-order valence-corrected chi connectivity index (χ0v) is 18.0. The zero-order chi connectivity index (χ0) is 20.9. The van der Waals surface area contributed by atoms with E-state index in [0.29, 0.717) is 35.3 Å². The SMILES string of the molecule is COc1cc(OC)c(Cl)c(-c2cc3cnc(C)cc3c(N3CC(C)(O)C3)n2)c1C. The predicted molar refractivity (Wildman–Crippen MR) is 115 cm³/mol. The maximum atomic E-state index is 10.2. The van der Waals surface area contributed by atoms with E-state index in [2.05, 4.69) is 9.88 Å². The summed E-state index contributed by atoms with van der Waals surface area (Å²) >= 11 is 6.69. The first-order valence-electron chi connectivity index (χ1n) is 9.40. The van der Waals surface area contributed by atoms with E-state index in [-0.39, 0.29) is 0 Å². The van der Waals surface area contributed by atoms with Gasteiger partial charge in [-0.2, -0.15) is 0 Å². The van der Waals surface area contributed by atoms with E-state index in [1.807, 2.05) is 39.1 Å². The molecule has 0 spiro atoms. The molecular weight excluding hydrogens is 390 g/mol. The molecule has 2 aromatic heterocycles. The quantitative estimate of drug-likeness (QED) is 0.692. The molecule has 7 heteroatoms. The molecule has 1 N–H and O–H groups in total. The number of aromatic nitrogens is 2. The van der Waals surface area contributed by atoms with Gasteiger partial charge in [0.25, 0.3) is 0 Å². The summed E-state index contributed by atoms with van der Waals surface area (Å²) in [7, 11) is 3.20. The van der Waals surface area contributed by atoms with Crippen molar-refractivity contribution in [3.05, 3.63) is 40.7 Å². The Bertz CT molecular complexity index is 1080. The maximum absolute atomic E-state index is 10.2. The number of ether oxygens (including phenoxy) is 2. The monoisotopic (exact) mass is 413 g/mol. The zero-order valence-electron chi connectivity index (χ0n) is 17.2. The average molecular weight is 414 g/mol. The highest BCUT2D eigenvalue weighted by atomic mass is 35.5. The van der Waals surface area contributed by atoms with Crippen molar-refractivity contribution in [2.24, 2.45) is 0 Å². The Labute approximate surface area is 175 Å². The molecule has 152 valence electrons. The van der Waals surface area contributed by atoms with Crippen LogP contribution in [-0.4, -0.2) is 48.0 Å². The number of hydrogen-bond donors (Lipinski definition) is 1. The van der Waals surface area contributed by atoms with E-state index in [0.717, 1.165) is 33.4 Å². The third-order valence-corrected chi connectivity index (χ3v) is 5.71. The molecule has 3 aromatic rings. The van der Waals surface area contributed by atoms with E-state index in [1.54, 1.807) is 20.3 Å². The highest BCUT2D eigenvalue weighted by Crippen LogP contribution is 2.44. The number of hydrogen-bond acceptors (Lipinski definition) is 6. The van der Waals surface area contributed by atoms with E-state index < -0.39 is 5.60 Å². The van der Waals surface area contributed by atoms with Crippen LogP contribution in [0, 0.1) is 13.8 Å². The summed E-state index contributed by atoms with van der Waals surface area (Å²) in [5, 5.41) is 12.7. The lowest BCUT2D eigenvalue weighted by Crippen LogP contribution is -2.60. The summed E-state index contributed by atoms with van der Waals surface area (Å²) in [5.74, 6) is 2.02. The van der Waals surface area contributed by atoms with Crippen molar-refractivity contribution >= 4 is 28.2 Å². The van der Waals surface area contributed by atoms with Crippen LogP contribution in [-0.2, 0) is 0 Å². The van der Waals surface area contributed by atoms with Gasteiger partial charge in [-0.05, 0) is 32.9 Å². The van der Waals surface area contributed by atoms with Gasteiger partial charge in [-0.25, -0.2) is 4.98 Å². The fourth-order valence-electron chi connectivity index (χ4n) is 3.89. The van der Waals surface area contributed by atoms with Gasteiger partial charge in [-0.1, -0.05) is 11.6 Å². The van der Waals surface area contributed by atoms with E-state index >= 15 is 0 Å². The van der Waals surface area contributed by atoms with Crippen molar-refractivity contribution in [3.63, 3.8) is 0 Å². The highest BCUT2D eigenvalue weighted by molar-refractivity contribution is 6.35. The Morgan fingerprint density at radius 3 is 2.41 bits per heavy atom. The van der Waals surface area contributed by atoms with Gasteiger partial charge in [0, 0.05) is 52.9 Å². The van der Waals surface area contributed by atoms with Crippen molar-refractivity contribution in [2.75, 3.05) is 32.2 Å². The van der Waals surface area contributed by atoms with Crippen LogP contribution < -0.4 is 14.4 Å². The summed E-state index contributed by atoms with van der Waals surface area (Å²) in [6.45, 7) is 6.78. The summed E-state index contributed by atoms with van der Waals surface area (Å²) < 4.78 is 11.0. The number of anilines is 1. The molecule has 0 radical (unpaired) electrons. The molecule has 0 amide bonds. The normalized spacial score (nSPS) is 15.3. The molecule has 29 heavy (non-hydrogen) atoms. The average Bonchev–Trinajstić information content (AvgIpc) is 2.66. The predicted octanol–water partition coefficient (Wildman–Crippen LogP) is 4.16. The van der Waals surface area contributed by atoms with Crippen molar-refractivity contribution < 1.29 is 14.6 Å². The minimum absolute atomic E-state index is 0.485. The number of halogens is 1. The number of aryl methyl sites for hydroxylation is 1. The minimum Gasteiger partial charge on any atom is -0.496 e. The number of nitrogens with zero attached hydrogens (tertiary/aromatic N) is 3. The maximum Gasteiger partial charge on any atom is 0.141 e. The van der Waals surface area contributed by atoms with Crippen LogP contribution in [0.25, 0.3) is 22.0 Å². The second kappa shape index (κ2) is 7.04. The van der Waals surface area contributed by atoms with Crippen molar-refractivity contribution in [3.8, 4) is 22.8 Å². The Morgan fingerprint density at radius 2 is 1.79 bits per heavy atom. The van der Waals surface area contributed by atoms with Crippen LogP contribution in [0.3, 0.4) is 0 Å². The molecule has 6 nitrogen and oxygen atoms in total. The first-order valence-corrected chi connectivity index (χ1v) is 9.78. The smallest absolute Gasteiger partial charge is 0.141 e. The van der Waals surface area contributed by atoms with Gasteiger partial charge in [0.1, 0.15) is 17.3 Å². The van der Waals surface area contributed by atoms with Gasteiger partial charge in [0.15, 0.2) is 0 Å². The van der Waals surface area contributed by atoms with Crippen LogP contribution in [0.2, 0.25) is 5.02 Å². The van der Waals surface area contributed by atoms with Gasteiger partial charge in [-0.15, -0.1) is 0 Å². The van der Waals surface area contributed by atoms with Crippen LogP contribution in [0.5, 0.6) is 11.5 Å². The third kappa shape index (κ3) is 3.36. The Hall–Kier alpha value is -2.57. The van der Waals surface area contributed by atoms with Gasteiger partial charge in [-0.3, -0.25) is 4.98 Å². The van der Waals surface area contributed by atoms with Crippen LogP contribution >= 0.6 is 11.6 Å². The lowest BCUT2D eigenvalue weighted by molar-refractivity contribution is 0.0307. The minimum atomic E-state index is -0.709. The number of benzene rings is 1. The van der Waals surface area contributed by atoms with E-state index in [4.69, 9.17) is 26.1 Å². The molecule has 1 aliphatic heterocycles. The molecule has 1 saturated heterocycles. The second-order valence-electron chi connectivity index (χ2n) is 7.83. The van der Waals surface area contributed by atoms with E-state index in [9.17, 15) is 5.11 Å². The number of aliphatic hydroxyl groups is 1. The highest BCUT2D eigenvalue weighted by Gasteiger charge is 2.38. The molecule has 1 aromatic carbocycles. The second-order valence-corrected chi connectivity index (χ2v) is 8.20. The van der Waals surface area contributed by atoms with Crippen LogP contribution in [0.1, 0.15) is 18.2 Å². The molecular formula is C22H24ClN3O3. The van der Waals surface area contributed by atoms with Gasteiger partial charge in [0.05, 0.1) is 30.5 Å². The molecule has 0 saturated carbocycles. The molecule has 0 aliphatic carbocycles. The Morgan fingerprint density at radius 1 is 1.10 bits per heavy atom. The standard InChI is InChI=1S/C22H24ClN3O3/c1-12-6-15-14(9-24-12)7-16(25-21(15)26-10-22(3,27)11-26)19-13(2)17(28-4)8-18(29-5)20(19)23/h6-9,27H,10-11H2,1-5H3. The topological polar surface area (TPSA) is 67.7 Å². The van der Waals surface area contributed by atoms with E-state index in [1.165, 1.54) is 0 Å². The van der Waals surface area contributed by atoms with Crippen molar-refractivity contribution in [1.82, 2.24) is 9.97 Å². The molecule has 0 atom stereocenters. The first-order chi connectivity index (χ1) is 13.7. The van der Waals surface area contributed by atoms with Gasteiger partial charge < -0.3 is 19.5 Å². The summed E-state index contributed by atoms with van der Waals surface area (Å²) in [4.78, 5) is 11.5. The number of fused-ring (bicyclic) bond motifs is 1. The lowest BCUT2D eigenvalue weighted by Gasteiger charge is -2.45. The number of methoxy groups -OCH3 is 2. The van der Waals surface area contributed by atoms with Gasteiger partial charge in [0.2, 0.25) is 0 Å². The lowest BCUT2D eigenvalue weighted by atomic mass is 9.95. The summed E-state index contributed by atoms with van der Waals surface area (Å²) in [6.07, 6.45) is 1.85. The molecule has 3 heterocycles. The van der Waals surface area contributed by atoms with Crippen molar-refractivity contribution in [1.29, 1.82) is 0 Å². The number of rotatable bonds is 4. The number of β-amino-alcohol motifs (C(OH)–C–C–N with tert-alkyl or cyclic N) is 1. The Balaban J connectivity index is 1.98. The van der Waals surface area contributed by atoms with Crippen molar-refractivity contribution in [2.45, 2.75) is 26.4 Å². The Kier molecular flexibility index (Phi) is 4.79. The van der Waals surface area contributed by atoms with Crippen LogP contribution in [0.15, 0.2) is 24.4 Å². The third-order valence-electron chi connectivity index (χ3n) is 5.33. The first kappa shape index (κ1) is 19.7. The fraction of sp³-hybridized carbons (Fsp3) is 0.364. The molecule has 4 rings (SSSR count). The van der Waals surface area contributed by atoms with Gasteiger partial charge >= 0.3 is 0 Å². The molecule has 1 fully saturated rings. The largest absolute Gasteiger partial charge is 0.496 e. The fourth-order valence-corrected chi connectivity index (χ4v) is 4.26. The number of pyridine rings is 2. The molecule has 0 unspecified atom stereocenters. The molecule has 1 aliphatic rings. The summed E-state index contributed by atoms with van der Waals surface area (Å²) in [6, 6.07) is 5.78. The van der Waals surface area contributed by atoms with Crippen LogP contribution in [0.4, 0.5) is 5.82 Å².